The smallest absolute Gasteiger partial charge is 0.387 e. The van der Waals surface area contributed by atoms with E-state index in [4.69, 9.17) is 4.74 Å². The molecule has 1 saturated heterocycles. The number of nitrogens with zero attached hydrogens (tertiary/aromatic N) is 5. The quantitative estimate of drug-likeness (QED) is 0.564. The van der Waals surface area contributed by atoms with E-state index in [1.54, 1.807) is 6.20 Å². The van der Waals surface area contributed by atoms with Crippen molar-refractivity contribution in [2.45, 2.75) is 25.2 Å². The lowest BCUT2D eigenvalue weighted by molar-refractivity contribution is 0.0652. The lowest BCUT2D eigenvalue weighted by atomic mass is 10.1. The molecule has 2 fully saturated rings. The van der Waals surface area contributed by atoms with Crippen molar-refractivity contribution in [3.05, 3.63) is 59.9 Å². The standard InChI is InChI=1S/C22H19F2N7O3/c23-15-5-4-14(21(32)31-6-1-7-31)18(17(15)24)30-22(33)34-20-19(28-13-8-25-11-26-9-13)27-10-16(29-20)12-2-3-12/h4-5,8-12H,1-3,6-7H2,(H,27,28)(H,30,33). The summed E-state index contributed by atoms with van der Waals surface area (Å²) in [6, 6.07) is 1.97. The fourth-order valence-electron chi connectivity index (χ4n) is 3.37. The van der Waals surface area contributed by atoms with Crippen LogP contribution in [0.15, 0.2) is 37.1 Å². The van der Waals surface area contributed by atoms with E-state index in [9.17, 15) is 18.4 Å². The van der Waals surface area contributed by atoms with E-state index in [0.29, 0.717) is 24.5 Å². The molecule has 0 atom stereocenters. The summed E-state index contributed by atoms with van der Waals surface area (Å²) in [4.78, 5) is 43.3. The Morgan fingerprint density at radius 1 is 1.09 bits per heavy atom. The molecule has 5 rings (SSSR count). The molecule has 2 N–H and O–H groups in total. The maximum Gasteiger partial charge on any atom is 0.418 e. The van der Waals surface area contributed by atoms with Crippen LogP contribution in [0, 0.1) is 11.6 Å². The van der Waals surface area contributed by atoms with Gasteiger partial charge in [0.15, 0.2) is 17.5 Å². The zero-order chi connectivity index (χ0) is 23.7. The Morgan fingerprint density at radius 2 is 1.85 bits per heavy atom. The van der Waals surface area contributed by atoms with Crippen LogP contribution in [0.2, 0.25) is 0 Å². The van der Waals surface area contributed by atoms with Gasteiger partial charge in [-0.1, -0.05) is 0 Å². The van der Waals surface area contributed by atoms with Gasteiger partial charge in [-0.2, -0.15) is 0 Å². The van der Waals surface area contributed by atoms with Gasteiger partial charge in [0.2, 0.25) is 0 Å². The molecule has 0 unspecified atom stereocenters. The second kappa shape index (κ2) is 8.96. The molecular formula is C22H19F2N7O3. The van der Waals surface area contributed by atoms with Crippen LogP contribution < -0.4 is 15.4 Å². The number of likely N-dealkylation sites (tertiary alicyclic amines) is 1. The average molecular weight is 467 g/mol. The van der Waals surface area contributed by atoms with Gasteiger partial charge in [0.05, 0.1) is 41.2 Å². The lowest BCUT2D eigenvalue weighted by Crippen LogP contribution is -2.42. The van der Waals surface area contributed by atoms with Gasteiger partial charge in [0, 0.05) is 19.0 Å². The zero-order valence-corrected chi connectivity index (χ0v) is 17.8. The van der Waals surface area contributed by atoms with Crippen LogP contribution in [0.1, 0.15) is 41.2 Å². The molecule has 12 heteroatoms. The molecule has 0 radical (unpaired) electrons. The SMILES string of the molecule is O=C(Nc1c(C(=O)N2CCC2)ccc(F)c1F)Oc1nc(C2CC2)cnc1Nc1cncnc1. The van der Waals surface area contributed by atoms with E-state index in [1.807, 2.05) is 0 Å². The molecule has 2 amide bonds. The Morgan fingerprint density at radius 3 is 2.53 bits per heavy atom. The van der Waals surface area contributed by atoms with E-state index < -0.39 is 29.3 Å². The average Bonchev–Trinajstić information content (AvgIpc) is 3.63. The number of ether oxygens (including phenoxy) is 1. The fraction of sp³-hybridized carbons (Fsp3) is 0.273. The van der Waals surface area contributed by atoms with Gasteiger partial charge in [-0.3, -0.25) is 10.1 Å². The minimum atomic E-state index is -1.36. The number of rotatable bonds is 6. The first-order chi connectivity index (χ1) is 16.5. The summed E-state index contributed by atoms with van der Waals surface area (Å²) in [6.45, 7) is 1.01. The van der Waals surface area contributed by atoms with Gasteiger partial charge in [-0.15, -0.1) is 0 Å². The van der Waals surface area contributed by atoms with E-state index in [1.165, 1.54) is 23.6 Å². The van der Waals surface area contributed by atoms with E-state index in [-0.39, 0.29) is 23.2 Å². The number of hydrogen-bond donors (Lipinski definition) is 2. The summed E-state index contributed by atoms with van der Waals surface area (Å²) in [6.07, 6.45) is 7.45. The zero-order valence-electron chi connectivity index (χ0n) is 17.8. The number of carbonyl (C=O) groups excluding carboxylic acids is 2. The summed E-state index contributed by atoms with van der Waals surface area (Å²) < 4.78 is 33.8. The fourth-order valence-corrected chi connectivity index (χ4v) is 3.37. The van der Waals surface area contributed by atoms with Crippen LogP contribution in [0.5, 0.6) is 5.88 Å². The molecule has 0 spiro atoms. The van der Waals surface area contributed by atoms with Crippen LogP contribution in [0.3, 0.4) is 0 Å². The van der Waals surface area contributed by atoms with Crippen molar-refractivity contribution in [1.29, 1.82) is 0 Å². The normalized spacial score (nSPS) is 14.8. The Labute approximate surface area is 192 Å². The summed E-state index contributed by atoms with van der Waals surface area (Å²) in [5.74, 6) is -2.93. The maximum atomic E-state index is 14.6. The predicted molar refractivity (Wildman–Crippen MR) is 116 cm³/mol. The monoisotopic (exact) mass is 467 g/mol. The molecule has 1 saturated carbocycles. The Kier molecular flexibility index (Phi) is 5.70. The van der Waals surface area contributed by atoms with Crippen molar-refractivity contribution in [3.8, 4) is 5.88 Å². The third-order valence-electron chi connectivity index (χ3n) is 5.46. The van der Waals surface area contributed by atoms with Crippen molar-refractivity contribution in [3.63, 3.8) is 0 Å². The number of halogens is 2. The summed E-state index contributed by atoms with van der Waals surface area (Å²) in [7, 11) is 0. The van der Waals surface area contributed by atoms with E-state index >= 15 is 0 Å². The molecule has 2 aromatic heterocycles. The number of amides is 2. The second-order valence-electron chi connectivity index (χ2n) is 7.92. The number of carbonyl (C=O) groups is 2. The van der Waals surface area contributed by atoms with Crippen molar-refractivity contribution >= 4 is 29.2 Å². The number of nitrogens with one attached hydrogen (secondary N) is 2. The highest BCUT2D eigenvalue weighted by Crippen LogP contribution is 2.40. The topological polar surface area (TPSA) is 122 Å². The minimum absolute atomic E-state index is 0.103. The molecular weight excluding hydrogens is 448 g/mol. The molecule has 10 nitrogen and oxygen atoms in total. The third-order valence-corrected chi connectivity index (χ3v) is 5.46. The van der Waals surface area contributed by atoms with Crippen LogP contribution in [-0.2, 0) is 0 Å². The summed E-state index contributed by atoms with van der Waals surface area (Å²) in [5, 5.41) is 5.07. The highest BCUT2D eigenvalue weighted by molar-refractivity contribution is 6.03. The van der Waals surface area contributed by atoms with Gasteiger partial charge < -0.3 is 15.0 Å². The molecule has 34 heavy (non-hydrogen) atoms. The molecule has 3 aromatic rings. The van der Waals surface area contributed by atoms with Crippen molar-refractivity contribution in [2.75, 3.05) is 23.7 Å². The molecule has 2 aliphatic rings. The van der Waals surface area contributed by atoms with Gasteiger partial charge in [-0.25, -0.2) is 33.5 Å². The van der Waals surface area contributed by atoms with E-state index in [0.717, 1.165) is 31.4 Å². The van der Waals surface area contributed by atoms with Crippen LogP contribution in [0.4, 0.5) is 30.8 Å². The number of anilines is 3. The third kappa shape index (κ3) is 4.47. The van der Waals surface area contributed by atoms with Crippen LogP contribution in [-0.4, -0.2) is 49.9 Å². The van der Waals surface area contributed by atoms with Gasteiger partial charge >= 0.3 is 6.09 Å². The lowest BCUT2D eigenvalue weighted by Gasteiger charge is -2.31. The molecule has 0 bridgehead atoms. The van der Waals surface area contributed by atoms with Crippen molar-refractivity contribution in [1.82, 2.24) is 24.8 Å². The Hall–Kier alpha value is -4.22. The molecule has 1 aliphatic carbocycles. The first-order valence-electron chi connectivity index (χ1n) is 10.6. The molecule has 1 aromatic carbocycles. The minimum Gasteiger partial charge on any atom is -0.387 e. The molecule has 174 valence electrons. The Balaban J connectivity index is 1.41. The van der Waals surface area contributed by atoms with Crippen molar-refractivity contribution in [2.24, 2.45) is 0 Å². The largest absolute Gasteiger partial charge is 0.418 e. The number of aromatic nitrogens is 4. The molecule has 1 aliphatic heterocycles. The molecule has 3 heterocycles. The van der Waals surface area contributed by atoms with Gasteiger partial charge in [0.25, 0.3) is 11.8 Å². The van der Waals surface area contributed by atoms with Crippen LogP contribution >= 0.6 is 0 Å². The van der Waals surface area contributed by atoms with E-state index in [2.05, 4.69) is 30.6 Å². The highest BCUT2D eigenvalue weighted by Gasteiger charge is 2.29. The maximum absolute atomic E-state index is 14.6. The summed E-state index contributed by atoms with van der Waals surface area (Å²) >= 11 is 0. The highest BCUT2D eigenvalue weighted by atomic mass is 19.2. The van der Waals surface area contributed by atoms with Gasteiger partial charge in [0.1, 0.15) is 6.33 Å². The Bertz CT molecular complexity index is 1250. The van der Waals surface area contributed by atoms with Crippen molar-refractivity contribution < 1.29 is 23.1 Å². The van der Waals surface area contributed by atoms with Crippen LogP contribution in [0.25, 0.3) is 0 Å². The predicted octanol–water partition coefficient (Wildman–Crippen LogP) is 3.62. The van der Waals surface area contributed by atoms with Gasteiger partial charge in [-0.05, 0) is 31.4 Å². The summed E-state index contributed by atoms with van der Waals surface area (Å²) in [5.41, 5.74) is 0.343. The first kappa shape index (κ1) is 21.6. The first-order valence-corrected chi connectivity index (χ1v) is 10.6. The second-order valence-corrected chi connectivity index (χ2v) is 7.92. The number of benzene rings is 1. The number of hydrogen-bond acceptors (Lipinski definition) is 8.